The van der Waals surface area contributed by atoms with Crippen LogP contribution in [0.3, 0.4) is 0 Å². The standard InChI is InChI=1S/C14H23NO2/c1-11(7-8-16)10-15-12(2)13-5-4-6-14(9-13)17-3/h4-6,9,11-12,15-16H,7-8,10H2,1-3H3. The molecule has 1 rings (SSSR count). The van der Waals surface area contributed by atoms with Gasteiger partial charge in [-0.25, -0.2) is 0 Å². The number of ether oxygens (including phenoxy) is 1. The van der Waals surface area contributed by atoms with Gasteiger partial charge in [0, 0.05) is 12.6 Å². The largest absolute Gasteiger partial charge is 0.497 e. The number of methoxy groups -OCH3 is 1. The van der Waals surface area contributed by atoms with Crippen LogP contribution in [0.2, 0.25) is 0 Å². The Balaban J connectivity index is 2.48. The van der Waals surface area contributed by atoms with Crippen LogP contribution in [0.25, 0.3) is 0 Å². The third-order valence-corrected chi connectivity index (χ3v) is 2.99. The summed E-state index contributed by atoms with van der Waals surface area (Å²) in [4.78, 5) is 0. The summed E-state index contributed by atoms with van der Waals surface area (Å²) in [6, 6.07) is 8.39. The van der Waals surface area contributed by atoms with Crippen molar-refractivity contribution in [3.05, 3.63) is 29.8 Å². The van der Waals surface area contributed by atoms with Gasteiger partial charge in [0.1, 0.15) is 5.75 Å². The minimum Gasteiger partial charge on any atom is -0.497 e. The summed E-state index contributed by atoms with van der Waals surface area (Å²) in [5, 5.41) is 12.3. The zero-order valence-electron chi connectivity index (χ0n) is 10.9. The molecule has 96 valence electrons. The molecule has 0 radical (unpaired) electrons. The van der Waals surface area contributed by atoms with Crippen LogP contribution >= 0.6 is 0 Å². The van der Waals surface area contributed by atoms with Crippen LogP contribution in [0.4, 0.5) is 0 Å². The van der Waals surface area contributed by atoms with Crippen LogP contribution in [0.1, 0.15) is 31.9 Å². The van der Waals surface area contributed by atoms with E-state index < -0.39 is 0 Å². The average Bonchev–Trinajstić information content (AvgIpc) is 2.36. The van der Waals surface area contributed by atoms with Crippen molar-refractivity contribution in [3.63, 3.8) is 0 Å². The maximum Gasteiger partial charge on any atom is 0.119 e. The van der Waals surface area contributed by atoms with Crippen molar-refractivity contribution in [1.29, 1.82) is 0 Å². The van der Waals surface area contributed by atoms with Crippen molar-refractivity contribution in [1.82, 2.24) is 5.32 Å². The molecule has 1 aromatic carbocycles. The monoisotopic (exact) mass is 237 g/mol. The smallest absolute Gasteiger partial charge is 0.119 e. The van der Waals surface area contributed by atoms with E-state index in [9.17, 15) is 0 Å². The fourth-order valence-corrected chi connectivity index (χ4v) is 1.73. The van der Waals surface area contributed by atoms with Gasteiger partial charge >= 0.3 is 0 Å². The molecule has 2 unspecified atom stereocenters. The number of benzene rings is 1. The second kappa shape index (κ2) is 7.30. The predicted octanol–water partition coefficient (Wildman–Crippen LogP) is 2.36. The molecule has 0 spiro atoms. The lowest BCUT2D eigenvalue weighted by atomic mass is 10.1. The van der Waals surface area contributed by atoms with E-state index in [-0.39, 0.29) is 6.61 Å². The van der Waals surface area contributed by atoms with Crippen LogP contribution in [-0.2, 0) is 0 Å². The highest BCUT2D eigenvalue weighted by Gasteiger charge is 2.08. The van der Waals surface area contributed by atoms with Crippen LogP contribution in [0.15, 0.2) is 24.3 Å². The lowest BCUT2D eigenvalue weighted by Crippen LogP contribution is -2.25. The summed E-state index contributed by atoms with van der Waals surface area (Å²) in [5.41, 5.74) is 1.22. The Bertz CT molecular complexity index is 328. The van der Waals surface area contributed by atoms with Crippen LogP contribution in [-0.4, -0.2) is 25.4 Å². The molecule has 0 bridgehead atoms. The number of hydrogen-bond acceptors (Lipinski definition) is 3. The highest BCUT2D eigenvalue weighted by Crippen LogP contribution is 2.18. The van der Waals surface area contributed by atoms with E-state index in [1.54, 1.807) is 7.11 Å². The molecule has 1 aromatic rings. The quantitative estimate of drug-likeness (QED) is 0.765. The third-order valence-electron chi connectivity index (χ3n) is 2.99. The molecule has 0 aliphatic carbocycles. The molecule has 0 heterocycles. The van der Waals surface area contributed by atoms with E-state index in [2.05, 4.69) is 25.2 Å². The van der Waals surface area contributed by atoms with Gasteiger partial charge in [-0.15, -0.1) is 0 Å². The average molecular weight is 237 g/mol. The molecule has 2 N–H and O–H groups in total. The molecule has 0 saturated heterocycles. The first kappa shape index (κ1) is 14.0. The van der Waals surface area contributed by atoms with Crippen LogP contribution < -0.4 is 10.1 Å². The molecule has 3 nitrogen and oxygen atoms in total. The van der Waals surface area contributed by atoms with Crippen molar-refractivity contribution in [2.75, 3.05) is 20.3 Å². The Kier molecular flexibility index (Phi) is 6.01. The lowest BCUT2D eigenvalue weighted by Gasteiger charge is -2.18. The SMILES string of the molecule is COc1cccc(C(C)NCC(C)CCO)c1. The number of aliphatic hydroxyl groups excluding tert-OH is 1. The van der Waals surface area contributed by atoms with Crippen molar-refractivity contribution < 1.29 is 9.84 Å². The van der Waals surface area contributed by atoms with Crippen LogP contribution in [0.5, 0.6) is 5.75 Å². The van der Waals surface area contributed by atoms with Gasteiger partial charge in [0.2, 0.25) is 0 Å². The van der Waals surface area contributed by atoms with Crippen molar-refractivity contribution in [2.24, 2.45) is 5.92 Å². The van der Waals surface area contributed by atoms with Gasteiger partial charge in [-0.3, -0.25) is 0 Å². The summed E-state index contributed by atoms with van der Waals surface area (Å²) in [6.07, 6.45) is 0.845. The molecule has 0 aliphatic rings. The highest BCUT2D eigenvalue weighted by molar-refractivity contribution is 5.30. The molecular weight excluding hydrogens is 214 g/mol. The maximum absolute atomic E-state index is 8.84. The van der Waals surface area contributed by atoms with E-state index in [0.717, 1.165) is 18.7 Å². The van der Waals surface area contributed by atoms with E-state index in [0.29, 0.717) is 12.0 Å². The zero-order valence-corrected chi connectivity index (χ0v) is 10.9. The Morgan fingerprint density at radius 2 is 2.12 bits per heavy atom. The zero-order chi connectivity index (χ0) is 12.7. The first-order valence-corrected chi connectivity index (χ1v) is 6.15. The van der Waals surface area contributed by atoms with Gasteiger partial charge in [0.15, 0.2) is 0 Å². The molecular formula is C14H23NO2. The van der Waals surface area contributed by atoms with Crippen LogP contribution in [0, 0.1) is 5.92 Å². The molecule has 2 atom stereocenters. The summed E-state index contributed by atoms with van der Waals surface area (Å²) < 4.78 is 5.21. The van der Waals surface area contributed by atoms with Crippen molar-refractivity contribution >= 4 is 0 Å². The normalized spacial score (nSPS) is 14.4. The van der Waals surface area contributed by atoms with E-state index in [1.165, 1.54) is 5.56 Å². The third kappa shape index (κ3) is 4.75. The molecule has 0 saturated carbocycles. The molecule has 0 fully saturated rings. The van der Waals surface area contributed by atoms with Gasteiger partial charge in [0.25, 0.3) is 0 Å². The number of rotatable bonds is 7. The number of aliphatic hydroxyl groups is 1. The fourth-order valence-electron chi connectivity index (χ4n) is 1.73. The minimum atomic E-state index is 0.260. The number of hydrogen-bond donors (Lipinski definition) is 2. The highest BCUT2D eigenvalue weighted by atomic mass is 16.5. The lowest BCUT2D eigenvalue weighted by molar-refractivity contribution is 0.258. The van der Waals surface area contributed by atoms with Gasteiger partial charge < -0.3 is 15.2 Å². The summed E-state index contributed by atoms with van der Waals surface area (Å²) in [6.45, 7) is 5.46. The van der Waals surface area contributed by atoms with E-state index >= 15 is 0 Å². The van der Waals surface area contributed by atoms with Gasteiger partial charge in [-0.1, -0.05) is 19.1 Å². The molecule has 0 aromatic heterocycles. The molecule has 0 aliphatic heterocycles. The molecule has 0 amide bonds. The first-order valence-electron chi connectivity index (χ1n) is 6.15. The summed E-state index contributed by atoms with van der Waals surface area (Å²) >= 11 is 0. The Hall–Kier alpha value is -1.06. The Labute approximate surface area is 104 Å². The van der Waals surface area contributed by atoms with Gasteiger partial charge in [-0.2, -0.15) is 0 Å². The van der Waals surface area contributed by atoms with E-state index in [1.807, 2.05) is 18.2 Å². The second-order valence-electron chi connectivity index (χ2n) is 4.52. The topological polar surface area (TPSA) is 41.5 Å². The minimum absolute atomic E-state index is 0.260. The Morgan fingerprint density at radius 1 is 1.35 bits per heavy atom. The van der Waals surface area contributed by atoms with E-state index in [4.69, 9.17) is 9.84 Å². The fraction of sp³-hybridized carbons (Fsp3) is 0.571. The van der Waals surface area contributed by atoms with Gasteiger partial charge in [0.05, 0.1) is 7.11 Å². The van der Waals surface area contributed by atoms with Crippen molar-refractivity contribution in [2.45, 2.75) is 26.3 Å². The number of nitrogens with one attached hydrogen (secondary N) is 1. The summed E-state index contributed by atoms with van der Waals surface area (Å²) in [5.74, 6) is 1.38. The van der Waals surface area contributed by atoms with Crippen molar-refractivity contribution in [3.8, 4) is 5.75 Å². The Morgan fingerprint density at radius 3 is 2.76 bits per heavy atom. The first-order chi connectivity index (χ1) is 8.17. The summed E-state index contributed by atoms with van der Waals surface area (Å²) in [7, 11) is 1.68. The van der Waals surface area contributed by atoms with Gasteiger partial charge in [-0.05, 0) is 43.5 Å². The second-order valence-corrected chi connectivity index (χ2v) is 4.52. The predicted molar refractivity (Wildman–Crippen MR) is 70.3 cm³/mol. The maximum atomic E-state index is 8.84. The molecule has 17 heavy (non-hydrogen) atoms. The molecule has 3 heteroatoms.